The second-order valence-corrected chi connectivity index (χ2v) is 6.89. The van der Waals surface area contributed by atoms with Crippen molar-refractivity contribution in [3.8, 4) is 11.3 Å². The lowest BCUT2D eigenvalue weighted by Gasteiger charge is -2.15. The van der Waals surface area contributed by atoms with Crippen molar-refractivity contribution in [1.29, 1.82) is 0 Å². The lowest BCUT2D eigenvalue weighted by atomic mass is 10.1. The summed E-state index contributed by atoms with van der Waals surface area (Å²) in [4.78, 5) is 18.2. The van der Waals surface area contributed by atoms with Crippen LogP contribution in [0.2, 0.25) is 0 Å². The fourth-order valence-corrected chi connectivity index (χ4v) is 3.24. The topological polar surface area (TPSA) is 87.9 Å². The Hall–Kier alpha value is -2.29. The molecule has 3 N–H and O–H groups in total. The number of halogens is 2. The fraction of sp³-hybridized carbons (Fsp3) is 0.278. The molecule has 0 spiro atoms. The molecule has 0 fully saturated rings. The largest absolute Gasteiger partial charge is 0.340 e. The van der Waals surface area contributed by atoms with Gasteiger partial charge in [-0.25, -0.2) is 9.37 Å². The van der Waals surface area contributed by atoms with Gasteiger partial charge < -0.3 is 10.6 Å². The Morgan fingerprint density at radius 2 is 2.19 bits per heavy atom. The first-order valence-electron chi connectivity index (χ1n) is 8.27. The molecule has 3 rings (SSSR count). The number of aryl methyl sites for hydroxylation is 1. The number of aromatic nitrogens is 3. The molecule has 0 saturated carbocycles. The van der Waals surface area contributed by atoms with E-state index >= 15 is 0 Å². The molecule has 27 heavy (non-hydrogen) atoms. The Bertz CT molecular complexity index is 897. The van der Waals surface area contributed by atoms with Gasteiger partial charge >= 0.3 is 0 Å². The Labute approximate surface area is 167 Å². The summed E-state index contributed by atoms with van der Waals surface area (Å²) in [5.74, 6) is -0.391. The molecular formula is C18H21ClFN5OS. The number of nitrogens with two attached hydrogens (primary N) is 1. The van der Waals surface area contributed by atoms with Crippen molar-refractivity contribution in [2.75, 3.05) is 13.6 Å². The molecule has 0 atom stereocenters. The Morgan fingerprint density at radius 3 is 2.89 bits per heavy atom. The van der Waals surface area contributed by atoms with E-state index in [2.05, 4.69) is 15.2 Å². The van der Waals surface area contributed by atoms with Crippen molar-refractivity contribution < 1.29 is 9.18 Å². The highest BCUT2D eigenvalue weighted by Gasteiger charge is 2.15. The second kappa shape index (κ2) is 9.59. The summed E-state index contributed by atoms with van der Waals surface area (Å²) in [7, 11) is 1.76. The summed E-state index contributed by atoms with van der Waals surface area (Å²) in [6, 6.07) is 8.25. The lowest BCUT2D eigenvalue weighted by molar-refractivity contribution is 0.0788. The molecule has 0 aliphatic rings. The van der Waals surface area contributed by atoms with Gasteiger partial charge in [0.1, 0.15) is 16.5 Å². The molecule has 1 aromatic carbocycles. The predicted molar refractivity (Wildman–Crippen MR) is 107 cm³/mol. The van der Waals surface area contributed by atoms with Gasteiger partial charge in [-0.3, -0.25) is 9.89 Å². The molecule has 9 heteroatoms. The number of hydrogen-bond acceptors (Lipinski definition) is 5. The highest BCUT2D eigenvalue weighted by molar-refractivity contribution is 7.09. The van der Waals surface area contributed by atoms with Gasteiger partial charge in [-0.05, 0) is 31.0 Å². The lowest BCUT2D eigenvalue weighted by Crippen LogP contribution is -2.28. The van der Waals surface area contributed by atoms with Gasteiger partial charge in [0, 0.05) is 36.8 Å². The normalized spacial score (nSPS) is 10.5. The number of amides is 1. The van der Waals surface area contributed by atoms with E-state index in [1.807, 2.05) is 12.1 Å². The number of thiazole rings is 1. The SMILES string of the molecule is CN(CCCc1cc(-c2cccc(F)c2)n[nH]1)C(=O)c1csc(CN)n1.Cl. The Balaban J connectivity index is 0.00000261. The number of rotatable bonds is 7. The van der Waals surface area contributed by atoms with E-state index in [9.17, 15) is 9.18 Å². The maximum atomic E-state index is 13.3. The van der Waals surface area contributed by atoms with Crippen LogP contribution in [0.25, 0.3) is 11.3 Å². The monoisotopic (exact) mass is 409 g/mol. The summed E-state index contributed by atoms with van der Waals surface area (Å²) in [6.07, 6.45) is 1.52. The van der Waals surface area contributed by atoms with Gasteiger partial charge in [-0.2, -0.15) is 5.10 Å². The molecule has 0 aliphatic heterocycles. The number of carbonyl (C=O) groups is 1. The van der Waals surface area contributed by atoms with Crippen LogP contribution in [0, 0.1) is 5.82 Å². The van der Waals surface area contributed by atoms with Gasteiger partial charge in [0.15, 0.2) is 0 Å². The third-order valence-corrected chi connectivity index (χ3v) is 4.85. The van der Waals surface area contributed by atoms with Crippen molar-refractivity contribution >= 4 is 29.7 Å². The van der Waals surface area contributed by atoms with E-state index in [0.29, 0.717) is 24.5 Å². The van der Waals surface area contributed by atoms with E-state index in [4.69, 9.17) is 5.73 Å². The summed E-state index contributed by atoms with van der Waals surface area (Å²) in [5, 5.41) is 9.69. The molecule has 144 valence electrons. The van der Waals surface area contributed by atoms with Crippen molar-refractivity contribution in [2.45, 2.75) is 19.4 Å². The first-order chi connectivity index (χ1) is 12.6. The van der Waals surface area contributed by atoms with E-state index in [-0.39, 0.29) is 24.1 Å². The van der Waals surface area contributed by atoms with Crippen LogP contribution in [0.1, 0.15) is 27.6 Å². The number of aromatic amines is 1. The molecule has 2 heterocycles. The average Bonchev–Trinajstić information content (AvgIpc) is 3.30. The van der Waals surface area contributed by atoms with E-state index in [0.717, 1.165) is 29.1 Å². The quantitative estimate of drug-likeness (QED) is 0.627. The van der Waals surface area contributed by atoms with Gasteiger partial charge in [-0.15, -0.1) is 23.7 Å². The van der Waals surface area contributed by atoms with Crippen molar-refractivity contribution in [1.82, 2.24) is 20.1 Å². The van der Waals surface area contributed by atoms with Crippen molar-refractivity contribution in [3.05, 3.63) is 57.9 Å². The number of H-pyrrole nitrogens is 1. The molecule has 0 saturated heterocycles. The van der Waals surface area contributed by atoms with Crippen LogP contribution in [-0.4, -0.2) is 39.6 Å². The summed E-state index contributed by atoms with van der Waals surface area (Å²) < 4.78 is 13.3. The molecule has 0 radical (unpaired) electrons. The minimum Gasteiger partial charge on any atom is -0.340 e. The molecule has 1 amide bonds. The number of carbonyl (C=O) groups excluding carboxylic acids is 1. The molecule has 0 unspecified atom stereocenters. The first-order valence-corrected chi connectivity index (χ1v) is 9.15. The third-order valence-electron chi connectivity index (χ3n) is 3.98. The fourth-order valence-electron chi connectivity index (χ4n) is 2.59. The number of benzene rings is 1. The zero-order valence-electron chi connectivity index (χ0n) is 14.8. The Morgan fingerprint density at radius 1 is 1.37 bits per heavy atom. The number of hydrogen-bond donors (Lipinski definition) is 2. The molecule has 0 aliphatic carbocycles. The molecule has 3 aromatic rings. The molecule has 0 bridgehead atoms. The minimum atomic E-state index is -0.285. The van der Waals surface area contributed by atoms with E-state index in [1.54, 1.807) is 23.4 Å². The van der Waals surface area contributed by atoms with Crippen LogP contribution >= 0.6 is 23.7 Å². The smallest absolute Gasteiger partial charge is 0.273 e. The molecule has 6 nitrogen and oxygen atoms in total. The maximum Gasteiger partial charge on any atom is 0.273 e. The number of nitrogens with zero attached hydrogens (tertiary/aromatic N) is 3. The van der Waals surface area contributed by atoms with Crippen LogP contribution < -0.4 is 5.73 Å². The number of nitrogens with one attached hydrogen (secondary N) is 1. The van der Waals surface area contributed by atoms with Crippen LogP contribution in [-0.2, 0) is 13.0 Å². The zero-order chi connectivity index (χ0) is 18.5. The predicted octanol–water partition coefficient (Wildman–Crippen LogP) is 3.26. The summed E-state index contributed by atoms with van der Waals surface area (Å²) in [6.45, 7) is 0.942. The van der Waals surface area contributed by atoms with Crippen LogP contribution in [0.3, 0.4) is 0 Å². The highest BCUT2D eigenvalue weighted by Crippen LogP contribution is 2.19. The summed E-state index contributed by atoms with van der Waals surface area (Å²) >= 11 is 1.39. The van der Waals surface area contributed by atoms with Crippen molar-refractivity contribution in [2.24, 2.45) is 5.73 Å². The van der Waals surface area contributed by atoms with Crippen molar-refractivity contribution in [3.63, 3.8) is 0 Å². The van der Waals surface area contributed by atoms with Crippen LogP contribution in [0.4, 0.5) is 4.39 Å². The average molecular weight is 410 g/mol. The van der Waals surface area contributed by atoms with Crippen LogP contribution in [0.5, 0.6) is 0 Å². The maximum absolute atomic E-state index is 13.3. The zero-order valence-corrected chi connectivity index (χ0v) is 16.4. The first kappa shape index (κ1) is 21.0. The van der Waals surface area contributed by atoms with Gasteiger partial charge in [0.2, 0.25) is 0 Å². The van der Waals surface area contributed by atoms with E-state index in [1.165, 1.54) is 23.5 Å². The van der Waals surface area contributed by atoms with Gasteiger partial charge in [-0.1, -0.05) is 12.1 Å². The van der Waals surface area contributed by atoms with Gasteiger partial charge in [0.25, 0.3) is 5.91 Å². The Kier molecular flexibility index (Phi) is 7.46. The van der Waals surface area contributed by atoms with Crippen LogP contribution in [0.15, 0.2) is 35.7 Å². The second-order valence-electron chi connectivity index (χ2n) is 5.95. The van der Waals surface area contributed by atoms with Gasteiger partial charge in [0.05, 0.1) is 5.69 Å². The molecule has 2 aromatic heterocycles. The molecular weight excluding hydrogens is 389 g/mol. The highest BCUT2D eigenvalue weighted by atomic mass is 35.5. The summed E-state index contributed by atoms with van der Waals surface area (Å²) in [5.41, 5.74) is 8.36. The third kappa shape index (κ3) is 5.35. The standard InChI is InChI=1S/C18H20FN5OS.ClH/c1-24(18(25)16-11-26-17(10-20)21-16)7-3-6-14-9-15(23-22-14)12-4-2-5-13(19)8-12;/h2,4-5,8-9,11H,3,6-7,10,20H2,1H3,(H,22,23);1H. The van der Waals surface area contributed by atoms with E-state index < -0.39 is 0 Å². The minimum absolute atomic E-state index is 0.